The van der Waals surface area contributed by atoms with Crippen LogP contribution in [0, 0.1) is 5.53 Å². The van der Waals surface area contributed by atoms with Crippen LogP contribution in [0.3, 0.4) is 0 Å². The van der Waals surface area contributed by atoms with Crippen molar-refractivity contribution in [3.63, 3.8) is 0 Å². The first-order chi connectivity index (χ1) is 17.5. The zero-order valence-corrected chi connectivity index (χ0v) is 19.0. The Morgan fingerprint density at radius 3 is 2.36 bits per heavy atom. The smallest absolute Gasteiger partial charge is 0.267 e. The number of hydrogen-bond acceptors (Lipinski definition) is 7. The molecule has 0 atom stereocenters. The van der Waals surface area contributed by atoms with Crippen molar-refractivity contribution in [2.45, 2.75) is 0 Å². The lowest BCUT2D eigenvalue weighted by molar-refractivity contribution is 0.936. The Labute approximate surface area is 205 Å². The third-order valence-corrected chi connectivity index (χ3v) is 5.53. The highest BCUT2D eigenvalue weighted by Crippen LogP contribution is 2.26. The fraction of sp³-hybridized carbons (Fsp3) is 0. The van der Waals surface area contributed by atoms with Crippen LogP contribution < -0.4 is 22.0 Å². The lowest BCUT2D eigenvalue weighted by Crippen LogP contribution is -2.32. The summed E-state index contributed by atoms with van der Waals surface area (Å²) in [5.41, 5.74) is 23.1. The molecule has 0 bridgehead atoms. The van der Waals surface area contributed by atoms with E-state index in [9.17, 15) is 4.79 Å². The van der Waals surface area contributed by atoms with Crippen molar-refractivity contribution in [3.05, 3.63) is 108 Å². The second-order valence-electron chi connectivity index (χ2n) is 7.83. The fourth-order valence-electron chi connectivity index (χ4n) is 3.85. The zero-order chi connectivity index (χ0) is 25.1. The van der Waals surface area contributed by atoms with E-state index in [1.165, 1.54) is 9.58 Å². The van der Waals surface area contributed by atoms with Gasteiger partial charge < -0.3 is 11.5 Å². The van der Waals surface area contributed by atoms with Gasteiger partial charge in [-0.1, -0.05) is 47.7 Å². The van der Waals surface area contributed by atoms with Gasteiger partial charge in [-0.15, -0.1) is 0 Å². The molecule has 0 spiro atoms. The maximum absolute atomic E-state index is 13.3. The Balaban J connectivity index is 1.54. The minimum absolute atomic E-state index is 0.0130. The molecule has 2 heterocycles. The molecule has 0 amide bonds. The van der Waals surface area contributed by atoms with E-state index in [-0.39, 0.29) is 17.5 Å². The molecular formula is C26H21N9O. The topological polar surface area (TPSA) is 152 Å². The summed E-state index contributed by atoms with van der Waals surface area (Å²) in [6.45, 7) is 0. The molecule has 5 N–H and O–H groups in total. The van der Waals surface area contributed by atoms with Gasteiger partial charge in [-0.25, -0.2) is 14.5 Å². The normalized spacial score (nSPS) is 11.4. The average molecular weight is 476 g/mol. The molecule has 0 saturated heterocycles. The van der Waals surface area contributed by atoms with Crippen molar-refractivity contribution in [2.75, 3.05) is 10.7 Å². The van der Waals surface area contributed by atoms with Crippen LogP contribution in [0.2, 0.25) is 0 Å². The number of nitrogens with one attached hydrogen (secondary N) is 1. The third-order valence-electron chi connectivity index (χ3n) is 5.53. The van der Waals surface area contributed by atoms with Gasteiger partial charge in [-0.05, 0) is 48.0 Å². The van der Waals surface area contributed by atoms with Crippen molar-refractivity contribution < 1.29 is 0 Å². The SMILES string of the molecule is N=NN(C(N)=Nc1cncc(-c2ccc3nc(N)n(-c4ccccc4)c(=O)c3c2)c1)c1ccccc1. The summed E-state index contributed by atoms with van der Waals surface area (Å²) in [7, 11) is 0. The number of anilines is 2. The maximum atomic E-state index is 13.3. The molecule has 10 heteroatoms. The first-order valence-electron chi connectivity index (χ1n) is 10.9. The highest BCUT2D eigenvalue weighted by molar-refractivity contribution is 5.95. The van der Waals surface area contributed by atoms with Crippen LogP contribution >= 0.6 is 0 Å². The second kappa shape index (κ2) is 9.47. The predicted molar refractivity (Wildman–Crippen MR) is 140 cm³/mol. The lowest BCUT2D eigenvalue weighted by Gasteiger charge is -2.15. The number of para-hydroxylation sites is 2. The monoisotopic (exact) mass is 475 g/mol. The quantitative estimate of drug-likeness (QED) is 0.148. The van der Waals surface area contributed by atoms with Crippen LogP contribution in [0.25, 0.3) is 27.7 Å². The Bertz CT molecular complexity index is 1650. The Kier molecular flexibility index (Phi) is 5.90. The van der Waals surface area contributed by atoms with E-state index in [2.05, 4.69) is 20.2 Å². The second-order valence-corrected chi connectivity index (χ2v) is 7.83. The third kappa shape index (κ3) is 4.26. The molecule has 0 saturated carbocycles. The van der Waals surface area contributed by atoms with Gasteiger partial charge in [0.2, 0.25) is 11.9 Å². The van der Waals surface area contributed by atoms with Gasteiger partial charge in [0, 0.05) is 11.8 Å². The van der Waals surface area contributed by atoms with Crippen LogP contribution in [0.15, 0.2) is 112 Å². The molecule has 10 nitrogen and oxygen atoms in total. The van der Waals surface area contributed by atoms with Crippen molar-refractivity contribution in [2.24, 2.45) is 15.9 Å². The predicted octanol–water partition coefficient (Wildman–Crippen LogP) is 4.43. The van der Waals surface area contributed by atoms with Gasteiger partial charge >= 0.3 is 0 Å². The van der Waals surface area contributed by atoms with Crippen LogP contribution in [0.1, 0.15) is 0 Å². The highest BCUT2D eigenvalue weighted by atomic mass is 16.1. The van der Waals surface area contributed by atoms with E-state index in [1.807, 2.05) is 42.5 Å². The standard InChI is InChI=1S/C26H21N9O/c27-25-32-23-12-11-17(14-22(23)24(36)34(25)20-7-3-1-4-8-20)18-13-19(16-30-15-18)31-26(28)35(33-29)21-9-5-2-6-10-21/h1-16,29H,(H2,27,32)(H2,28,31). The van der Waals surface area contributed by atoms with E-state index in [0.29, 0.717) is 28.0 Å². The number of aliphatic imine (C=N–C) groups is 1. The van der Waals surface area contributed by atoms with Crippen LogP contribution in [0.5, 0.6) is 0 Å². The molecule has 0 aliphatic heterocycles. The minimum atomic E-state index is -0.271. The summed E-state index contributed by atoms with van der Waals surface area (Å²) >= 11 is 0. The molecule has 0 radical (unpaired) electrons. The zero-order valence-electron chi connectivity index (χ0n) is 19.0. The molecule has 176 valence electrons. The number of pyridine rings is 1. The van der Waals surface area contributed by atoms with E-state index >= 15 is 0 Å². The average Bonchev–Trinajstić information content (AvgIpc) is 2.90. The first kappa shape index (κ1) is 22.4. The molecule has 0 unspecified atom stereocenters. The van der Waals surface area contributed by atoms with Gasteiger partial charge in [0.1, 0.15) is 0 Å². The number of hydrogen-bond donors (Lipinski definition) is 3. The van der Waals surface area contributed by atoms with E-state index in [1.54, 1.807) is 54.9 Å². The lowest BCUT2D eigenvalue weighted by atomic mass is 10.1. The molecule has 2 aromatic heterocycles. The van der Waals surface area contributed by atoms with Crippen molar-refractivity contribution in [1.29, 1.82) is 5.53 Å². The van der Waals surface area contributed by atoms with Crippen molar-refractivity contribution in [1.82, 2.24) is 14.5 Å². The number of guanidine groups is 1. The summed E-state index contributed by atoms with van der Waals surface area (Å²) in [4.78, 5) is 26.4. The molecule has 0 aliphatic rings. The molecule has 0 aliphatic carbocycles. The largest absolute Gasteiger partial charge is 0.369 e. The summed E-state index contributed by atoms with van der Waals surface area (Å²) in [5.74, 6) is 0.127. The van der Waals surface area contributed by atoms with Crippen LogP contribution in [-0.2, 0) is 0 Å². The molecule has 5 rings (SSSR count). The van der Waals surface area contributed by atoms with Gasteiger partial charge in [0.05, 0.1) is 34.2 Å². The van der Waals surface area contributed by atoms with Gasteiger partial charge in [0.25, 0.3) is 5.56 Å². The molecule has 36 heavy (non-hydrogen) atoms. The van der Waals surface area contributed by atoms with Crippen LogP contribution in [0.4, 0.5) is 17.3 Å². The number of nitrogens with zero attached hydrogens (tertiary/aromatic N) is 6. The van der Waals surface area contributed by atoms with E-state index < -0.39 is 0 Å². The summed E-state index contributed by atoms with van der Waals surface area (Å²) in [6.07, 6.45) is 3.22. The Morgan fingerprint density at radius 2 is 1.64 bits per heavy atom. The maximum Gasteiger partial charge on any atom is 0.267 e. The Morgan fingerprint density at radius 1 is 0.917 bits per heavy atom. The van der Waals surface area contributed by atoms with Gasteiger partial charge in [-0.2, -0.15) is 10.5 Å². The van der Waals surface area contributed by atoms with Gasteiger partial charge in [0.15, 0.2) is 0 Å². The van der Waals surface area contributed by atoms with Gasteiger partial charge in [-0.3, -0.25) is 9.78 Å². The summed E-state index contributed by atoms with van der Waals surface area (Å²) in [5, 5.41) is 5.10. The van der Waals surface area contributed by atoms with E-state index in [4.69, 9.17) is 17.0 Å². The molecule has 5 aromatic rings. The molecular weight excluding hydrogens is 454 g/mol. The van der Waals surface area contributed by atoms with Crippen LogP contribution in [-0.4, -0.2) is 20.5 Å². The first-order valence-corrected chi connectivity index (χ1v) is 10.9. The van der Waals surface area contributed by atoms with Crippen molar-refractivity contribution >= 4 is 34.2 Å². The molecule has 3 aromatic carbocycles. The Hall–Kier alpha value is -5.38. The number of benzene rings is 3. The summed E-state index contributed by atoms with van der Waals surface area (Å²) in [6, 6.07) is 25.3. The number of fused-ring (bicyclic) bond motifs is 1. The van der Waals surface area contributed by atoms with Crippen molar-refractivity contribution in [3.8, 4) is 16.8 Å². The minimum Gasteiger partial charge on any atom is -0.369 e. The number of nitrogens with two attached hydrogens (primary N) is 2. The number of nitrogen functional groups attached to an aromatic ring is 1. The fourth-order valence-corrected chi connectivity index (χ4v) is 3.85. The number of rotatable bonds is 5. The van der Waals surface area contributed by atoms with E-state index in [0.717, 1.165) is 11.1 Å². The highest BCUT2D eigenvalue weighted by Gasteiger charge is 2.13. The molecule has 0 fully saturated rings. The number of aromatic nitrogens is 3. The summed E-state index contributed by atoms with van der Waals surface area (Å²) < 4.78 is 1.38.